The Labute approximate surface area is 127 Å². The fourth-order valence-electron chi connectivity index (χ4n) is 5.66. The van der Waals surface area contributed by atoms with Gasteiger partial charge in [0.2, 0.25) is 0 Å². The number of hydrogen-bond donors (Lipinski definition) is 1. The Hall–Kier alpha value is -1.02. The van der Waals surface area contributed by atoms with Crippen LogP contribution in [0.2, 0.25) is 0 Å². The molecule has 5 atom stereocenters. The van der Waals surface area contributed by atoms with Gasteiger partial charge in [-0.15, -0.1) is 0 Å². The lowest BCUT2D eigenvalue weighted by Gasteiger charge is -2.50. The van der Waals surface area contributed by atoms with Gasteiger partial charge in [-0.2, -0.15) is 0 Å². The number of benzene rings is 1. The maximum absolute atomic E-state index is 10.4. The first-order valence-electron chi connectivity index (χ1n) is 8.48. The normalized spacial score (nSPS) is 41.1. The van der Waals surface area contributed by atoms with Crippen molar-refractivity contribution in [3.63, 3.8) is 0 Å². The van der Waals surface area contributed by atoms with Crippen molar-refractivity contribution in [2.45, 2.75) is 57.5 Å². The van der Waals surface area contributed by atoms with Gasteiger partial charge in [-0.05, 0) is 85.0 Å². The third kappa shape index (κ3) is 1.88. The molecule has 2 nitrogen and oxygen atoms in total. The van der Waals surface area contributed by atoms with E-state index in [9.17, 15) is 5.11 Å². The van der Waals surface area contributed by atoms with Crippen LogP contribution in [-0.2, 0) is 6.42 Å². The van der Waals surface area contributed by atoms with Crippen molar-refractivity contribution >= 4 is 0 Å². The zero-order chi connectivity index (χ0) is 14.6. The van der Waals surface area contributed by atoms with Crippen molar-refractivity contribution in [3.8, 4) is 5.75 Å². The third-order valence-corrected chi connectivity index (χ3v) is 6.88. The standard InChI is InChI=1S/C19H26O2/c1-19-10-9-15-14-6-4-13(21-2)11-12(14)3-5-16(15)17(19)7-8-18(19)20/h4,6,11,15-18,20H,3,5,7-10H2,1-2H3/t15-,16-,17-,18-,19-/m0/s1. The summed E-state index contributed by atoms with van der Waals surface area (Å²) in [6, 6.07) is 6.67. The molecule has 1 N–H and O–H groups in total. The quantitative estimate of drug-likeness (QED) is 0.848. The van der Waals surface area contributed by atoms with Crippen LogP contribution < -0.4 is 4.74 Å². The maximum Gasteiger partial charge on any atom is 0.119 e. The summed E-state index contributed by atoms with van der Waals surface area (Å²) in [7, 11) is 1.75. The Morgan fingerprint density at radius 1 is 1.19 bits per heavy atom. The maximum atomic E-state index is 10.4. The van der Waals surface area contributed by atoms with Gasteiger partial charge in [0.15, 0.2) is 0 Å². The molecule has 0 aliphatic heterocycles. The second-order valence-electron chi connectivity index (χ2n) is 7.62. The van der Waals surface area contributed by atoms with E-state index in [0.29, 0.717) is 5.92 Å². The number of aliphatic hydroxyl groups excluding tert-OH is 1. The fraction of sp³-hybridized carbons (Fsp3) is 0.684. The number of hydrogen-bond acceptors (Lipinski definition) is 2. The second kappa shape index (κ2) is 4.74. The summed E-state index contributed by atoms with van der Waals surface area (Å²) in [6.07, 6.45) is 7.07. The molecule has 0 amide bonds. The van der Waals surface area contributed by atoms with Gasteiger partial charge >= 0.3 is 0 Å². The Morgan fingerprint density at radius 3 is 2.86 bits per heavy atom. The van der Waals surface area contributed by atoms with Gasteiger partial charge in [0, 0.05) is 0 Å². The predicted octanol–water partition coefficient (Wildman–Crippen LogP) is 3.91. The van der Waals surface area contributed by atoms with Crippen LogP contribution in [0.4, 0.5) is 0 Å². The minimum atomic E-state index is -0.0688. The van der Waals surface area contributed by atoms with E-state index >= 15 is 0 Å². The molecule has 3 aliphatic rings. The molecule has 0 bridgehead atoms. The van der Waals surface area contributed by atoms with Crippen molar-refractivity contribution in [2.24, 2.45) is 17.3 Å². The first-order chi connectivity index (χ1) is 10.1. The molecule has 1 aromatic rings. The largest absolute Gasteiger partial charge is 0.497 e. The topological polar surface area (TPSA) is 29.5 Å². The zero-order valence-corrected chi connectivity index (χ0v) is 13.1. The Morgan fingerprint density at radius 2 is 2.05 bits per heavy atom. The van der Waals surface area contributed by atoms with Crippen LogP contribution in [0, 0.1) is 17.3 Å². The molecule has 0 heterocycles. The van der Waals surface area contributed by atoms with Crippen LogP contribution >= 0.6 is 0 Å². The van der Waals surface area contributed by atoms with Crippen LogP contribution in [0.5, 0.6) is 5.75 Å². The average Bonchev–Trinajstić information content (AvgIpc) is 2.82. The monoisotopic (exact) mass is 286 g/mol. The lowest BCUT2D eigenvalue weighted by molar-refractivity contribution is -0.0226. The van der Waals surface area contributed by atoms with Crippen LogP contribution in [0.1, 0.15) is 56.1 Å². The number of rotatable bonds is 1. The van der Waals surface area contributed by atoms with Crippen molar-refractivity contribution in [2.75, 3.05) is 7.11 Å². The SMILES string of the molecule is COc1ccc2c(c1)CC[C@H]1[C@H]2CC[C@]2(C)[C@@H](O)CC[C@@H]12. The van der Waals surface area contributed by atoms with Gasteiger partial charge < -0.3 is 9.84 Å². The Kier molecular flexibility index (Phi) is 3.08. The highest BCUT2D eigenvalue weighted by Crippen LogP contribution is 2.60. The van der Waals surface area contributed by atoms with Gasteiger partial charge in [0.05, 0.1) is 13.2 Å². The molecule has 21 heavy (non-hydrogen) atoms. The first kappa shape index (κ1) is 13.6. The summed E-state index contributed by atoms with van der Waals surface area (Å²) < 4.78 is 5.38. The minimum absolute atomic E-state index is 0.0688. The van der Waals surface area contributed by atoms with E-state index in [0.717, 1.165) is 24.0 Å². The summed E-state index contributed by atoms with van der Waals surface area (Å²) >= 11 is 0. The highest BCUT2D eigenvalue weighted by molar-refractivity contribution is 5.40. The summed E-state index contributed by atoms with van der Waals surface area (Å²) in [6.45, 7) is 2.34. The van der Waals surface area contributed by atoms with Crippen LogP contribution in [0.15, 0.2) is 18.2 Å². The van der Waals surface area contributed by atoms with Crippen LogP contribution in [0.3, 0.4) is 0 Å². The molecule has 0 radical (unpaired) electrons. The molecule has 2 heteroatoms. The van der Waals surface area contributed by atoms with E-state index in [4.69, 9.17) is 4.74 Å². The zero-order valence-electron chi connectivity index (χ0n) is 13.1. The Bertz CT molecular complexity index is 552. The van der Waals surface area contributed by atoms with E-state index < -0.39 is 0 Å². The number of aryl methyl sites for hydroxylation is 1. The first-order valence-corrected chi connectivity index (χ1v) is 8.48. The molecular formula is C19H26O2. The van der Waals surface area contributed by atoms with Gasteiger partial charge in [-0.25, -0.2) is 0 Å². The number of aliphatic hydroxyl groups is 1. The summed E-state index contributed by atoms with van der Waals surface area (Å²) in [5.41, 5.74) is 3.25. The van der Waals surface area contributed by atoms with E-state index in [1.807, 2.05) is 0 Å². The minimum Gasteiger partial charge on any atom is -0.497 e. The van der Waals surface area contributed by atoms with Crippen molar-refractivity contribution in [1.29, 1.82) is 0 Å². The van der Waals surface area contributed by atoms with Gasteiger partial charge in [-0.3, -0.25) is 0 Å². The van der Waals surface area contributed by atoms with E-state index in [2.05, 4.69) is 25.1 Å². The van der Waals surface area contributed by atoms with E-state index in [-0.39, 0.29) is 11.5 Å². The summed E-state index contributed by atoms with van der Waals surface area (Å²) in [5, 5.41) is 10.4. The summed E-state index contributed by atoms with van der Waals surface area (Å²) in [4.78, 5) is 0. The second-order valence-corrected chi connectivity index (χ2v) is 7.62. The molecule has 2 saturated carbocycles. The van der Waals surface area contributed by atoms with Gasteiger partial charge in [0.25, 0.3) is 0 Å². The smallest absolute Gasteiger partial charge is 0.119 e. The molecule has 0 saturated heterocycles. The fourth-order valence-corrected chi connectivity index (χ4v) is 5.66. The highest BCUT2D eigenvalue weighted by atomic mass is 16.5. The molecule has 1 aromatic carbocycles. The summed E-state index contributed by atoms with van der Waals surface area (Å²) in [5.74, 6) is 3.20. The molecule has 3 aliphatic carbocycles. The van der Waals surface area contributed by atoms with Crippen molar-refractivity contribution in [1.82, 2.24) is 0 Å². The average molecular weight is 286 g/mol. The molecule has 0 unspecified atom stereocenters. The molecule has 4 rings (SSSR count). The molecule has 0 spiro atoms. The highest BCUT2D eigenvalue weighted by Gasteiger charge is 2.54. The predicted molar refractivity (Wildman–Crippen MR) is 83.6 cm³/mol. The number of ether oxygens (including phenoxy) is 1. The van der Waals surface area contributed by atoms with Crippen LogP contribution in [0.25, 0.3) is 0 Å². The Balaban J connectivity index is 1.68. The van der Waals surface area contributed by atoms with E-state index in [1.165, 1.54) is 37.7 Å². The molecule has 114 valence electrons. The third-order valence-electron chi connectivity index (χ3n) is 6.88. The van der Waals surface area contributed by atoms with Crippen molar-refractivity contribution < 1.29 is 9.84 Å². The lowest BCUT2D eigenvalue weighted by atomic mass is 9.55. The number of methoxy groups -OCH3 is 1. The van der Waals surface area contributed by atoms with Crippen molar-refractivity contribution in [3.05, 3.63) is 29.3 Å². The molecule has 2 fully saturated rings. The molecular weight excluding hydrogens is 260 g/mol. The van der Waals surface area contributed by atoms with Crippen LogP contribution in [-0.4, -0.2) is 18.3 Å². The van der Waals surface area contributed by atoms with E-state index in [1.54, 1.807) is 12.7 Å². The lowest BCUT2D eigenvalue weighted by Crippen LogP contribution is -2.43. The van der Waals surface area contributed by atoms with Gasteiger partial charge in [0.1, 0.15) is 5.75 Å². The van der Waals surface area contributed by atoms with Gasteiger partial charge in [-0.1, -0.05) is 13.0 Å². The molecule has 0 aromatic heterocycles. The number of fused-ring (bicyclic) bond motifs is 5.